The third-order valence-electron chi connectivity index (χ3n) is 3.28. The van der Waals surface area contributed by atoms with Crippen molar-refractivity contribution < 1.29 is 14.3 Å². The fourth-order valence-corrected chi connectivity index (χ4v) is 2.27. The molecule has 1 atom stereocenters. The highest BCUT2D eigenvalue weighted by atomic mass is 35.5. The molecule has 2 heterocycles. The van der Waals surface area contributed by atoms with Crippen LogP contribution in [0.4, 0.5) is 0 Å². The molecule has 2 aliphatic rings. The van der Waals surface area contributed by atoms with Crippen molar-refractivity contribution in [3.63, 3.8) is 0 Å². The number of ether oxygens (including phenoxy) is 2. The topological polar surface area (TPSA) is 59.6 Å². The van der Waals surface area contributed by atoms with Crippen LogP contribution in [0.5, 0.6) is 11.5 Å². The Labute approximate surface area is 118 Å². The molecule has 104 valence electrons. The van der Waals surface area contributed by atoms with Gasteiger partial charge in [-0.15, -0.1) is 12.4 Å². The van der Waals surface area contributed by atoms with E-state index >= 15 is 0 Å². The van der Waals surface area contributed by atoms with Crippen LogP contribution in [0.2, 0.25) is 0 Å². The van der Waals surface area contributed by atoms with Gasteiger partial charge in [0.15, 0.2) is 11.5 Å². The van der Waals surface area contributed by atoms with Crippen LogP contribution in [0.15, 0.2) is 18.2 Å². The van der Waals surface area contributed by atoms with Crippen molar-refractivity contribution in [2.45, 2.75) is 25.4 Å². The van der Waals surface area contributed by atoms with Crippen LogP contribution in [0, 0.1) is 0 Å². The largest absolute Gasteiger partial charge is 0.454 e. The molecule has 5 nitrogen and oxygen atoms in total. The first-order chi connectivity index (χ1) is 8.83. The summed E-state index contributed by atoms with van der Waals surface area (Å²) >= 11 is 0. The molecular weight excluding hydrogens is 268 g/mol. The predicted molar refractivity (Wildman–Crippen MR) is 72.7 cm³/mol. The van der Waals surface area contributed by atoms with E-state index in [1.165, 1.54) is 0 Å². The average molecular weight is 285 g/mol. The summed E-state index contributed by atoms with van der Waals surface area (Å²) in [5.41, 5.74) is 1.02. The van der Waals surface area contributed by atoms with Gasteiger partial charge in [-0.3, -0.25) is 4.79 Å². The smallest absolute Gasteiger partial charge is 0.237 e. The van der Waals surface area contributed by atoms with Crippen LogP contribution < -0.4 is 20.1 Å². The van der Waals surface area contributed by atoms with E-state index in [1.54, 1.807) is 0 Å². The van der Waals surface area contributed by atoms with E-state index in [2.05, 4.69) is 10.6 Å². The van der Waals surface area contributed by atoms with Crippen molar-refractivity contribution in [1.82, 2.24) is 10.6 Å². The average Bonchev–Trinajstić information content (AvgIpc) is 3.05. The summed E-state index contributed by atoms with van der Waals surface area (Å²) in [6, 6.07) is 5.69. The zero-order valence-corrected chi connectivity index (χ0v) is 11.3. The fourth-order valence-electron chi connectivity index (χ4n) is 2.27. The van der Waals surface area contributed by atoms with Crippen molar-refractivity contribution in [3.05, 3.63) is 23.8 Å². The molecule has 19 heavy (non-hydrogen) atoms. The Bertz CT molecular complexity index is 461. The highest BCUT2D eigenvalue weighted by molar-refractivity contribution is 5.85. The van der Waals surface area contributed by atoms with E-state index in [-0.39, 0.29) is 31.1 Å². The molecule has 1 fully saturated rings. The van der Waals surface area contributed by atoms with E-state index in [0.717, 1.165) is 36.4 Å². The molecule has 1 aromatic rings. The summed E-state index contributed by atoms with van der Waals surface area (Å²) in [5, 5.41) is 6.11. The second-order valence-electron chi connectivity index (χ2n) is 4.55. The standard InChI is InChI=1S/C13H16N2O3.ClH/c16-13(10-2-1-5-14-10)15-7-9-3-4-11-12(6-9)18-8-17-11;/h3-4,6,10,14H,1-2,5,7-8H2,(H,15,16);1H. The van der Waals surface area contributed by atoms with Crippen LogP contribution in [0.1, 0.15) is 18.4 Å². The van der Waals surface area contributed by atoms with Gasteiger partial charge in [0.1, 0.15) is 0 Å². The number of hydrogen-bond acceptors (Lipinski definition) is 4. The molecule has 2 aliphatic heterocycles. The lowest BCUT2D eigenvalue weighted by Gasteiger charge is -2.11. The molecule has 0 bridgehead atoms. The minimum Gasteiger partial charge on any atom is -0.454 e. The third-order valence-corrected chi connectivity index (χ3v) is 3.28. The lowest BCUT2D eigenvalue weighted by Crippen LogP contribution is -2.39. The SMILES string of the molecule is Cl.O=C(NCc1ccc2c(c1)OCO2)C1CCCN1. The number of halogens is 1. The normalized spacial score (nSPS) is 19.9. The summed E-state index contributed by atoms with van der Waals surface area (Å²) in [4.78, 5) is 11.8. The van der Waals surface area contributed by atoms with Crippen LogP contribution in [-0.4, -0.2) is 25.3 Å². The van der Waals surface area contributed by atoms with E-state index < -0.39 is 0 Å². The number of amides is 1. The predicted octanol–water partition coefficient (Wildman–Crippen LogP) is 1.21. The number of carbonyl (C=O) groups is 1. The second kappa shape index (κ2) is 6.12. The lowest BCUT2D eigenvalue weighted by molar-refractivity contribution is -0.122. The van der Waals surface area contributed by atoms with Crippen LogP contribution in [0.3, 0.4) is 0 Å². The van der Waals surface area contributed by atoms with E-state index in [9.17, 15) is 4.79 Å². The number of hydrogen-bond donors (Lipinski definition) is 2. The van der Waals surface area contributed by atoms with Gasteiger partial charge in [0.05, 0.1) is 6.04 Å². The zero-order chi connectivity index (χ0) is 12.4. The summed E-state index contributed by atoms with van der Waals surface area (Å²) in [5.74, 6) is 1.59. The van der Waals surface area contributed by atoms with Gasteiger partial charge in [0, 0.05) is 6.54 Å². The van der Waals surface area contributed by atoms with Crippen molar-refractivity contribution in [3.8, 4) is 11.5 Å². The first-order valence-electron chi connectivity index (χ1n) is 6.22. The Hall–Kier alpha value is -1.46. The van der Waals surface area contributed by atoms with Crippen LogP contribution in [-0.2, 0) is 11.3 Å². The molecule has 1 unspecified atom stereocenters. The zero-order valence-electron chi connectivity index (χ0n) is 10.5. The first kappa shape index (κ1) is 14.0. The van der Waals surface area contributed by atoms with Gasteiger partial charge in [-0.1, -0.05) is 6.07 Å². The molecular formula is C13H17ClN2O3. The maximum atomic E-state index is 11.8. The highest BCUT2D eigenvalue weighted by Crippen LogP contribution is 2.32. The van der Waals surface area contributed by atoms with Gasteiger partial charge < -0.3 is 20.1 Å². The van der Waals surface area contributed by atoms with Gasteiger partial charge in [0.25, 0.3) is 0 Å². The molecule has 0 spiro atoms. The van der Waals surface area contributed by atoms with Gasteiger partial charge >= 0.3 is 0 Å². The van der Waals surface area contributed by atoms with Gasteiger partial charge in [-0.2, -0.15) is 0 Å². The molecule has 2 N–H and O–H groups in total. The van der Waals surface area contributed by atoms with Gasteiger partial charge in [-0.25, -0.2) is 0 Å². The Morgan fingerprint density at radius 1 is 1.37 bits per heavy atom. The van der Waals surface area contributed by atoms with Crippen LogP contribution >= 0.6 is 12.4 Å². The Morgan fingerprint density at radius 2 is 2.21 bits per heavy atom. The third kappa shape index (κ3) is 3.11. The number of nitrogens with one attached hydrogen (secondary N) is 2. The molecule has 3 rings (SSSR count). The van der Waals surface area contributed by atoms with Crippen molar-refractivity contribution >= 4 is 18.3 Å². The molecule has 0 saturated carbocycles. The van der Waals surface area contributed by atoms with Gasteiger partial charge in [-0.05, 0) is 37.1 Å². The summed E-state index contributed by atoms with van der Waals surface area (Å²) in [6.45, 7) is 1.73. The number of benzene rings is 1. The van der Waals surface area contributed by atoms with Crippen molar-refractivity contribution in [1.29, 1.82) is 0 Å². The minimum atomic E-state index is -0.0287. The lowest BCUT2D eigenvalue weighted by atomic mass is 10.2. The monoisotopic (exact) mass is 284 g/mol. The highest BCUT2D eigenvalue weighted by Gasteiger charge is 2.21. The van der Waals surface area contributed by atoms with Crippen molar-refractivity contribution in [2.24, 2.45) is 0 Å². The molecule has 0 aromatic heterocycles. The summed E-state index contributed by atoms with van der Waals surface area (Å²) < 4.78 is 10.5. The Kier molecular flexibility index (Phi) is 4.50. The molecule has 1 saturated heterocycles. The number of fused-ring (bicyclic) bond motifs is 1. The first-order valence-corrected chi connectivity index (χ1v) is 6.22. The van der Waals surface area contributed by atoms with Crippen LogP contribution in [0.25, 0.3) is 0 Å². The number of carbonyl (C=O) groups excluding carboxylic acids is 1. The second-order valence-corrected chi connectivity index (χ2v) is 4.55. The molecule has 1 amide bonds. The minimum absolute atomic E-state index is 0. The maximum Gasteiger partial charge on any atom is 0.237 e. The van der Waals surface area contributed by atoms with E-state index in [1.807, 2.05) is 18.2 Å². The molecule has 0 aliphatic carbocycles. The summed E-state index contributed by atoms with van der Waals surface area (Å²) in [6.07, 6.45) is 2.00. The molecule has 0 radical (unpaired) electrons. The number of rotatable bonds is 3. The molecule has 1 aromatic carbocycles. The van der Waals surface area contributed by atoms with E-state index in [0.29, 0.717) is 6.54 Å². The molecule has 6 heteroatoms. The maximum absolute atomic E-state index is 11.8. The van der Waals surface area contributed by atoms with Gasteiger partial charge in [0.2, 0.25) is 12.7 Å². The quantitative estimate of drug-likeness (QED) is 0.876. The fraction of sp³-hybridized carbons (Fsp3) is 0.462. The summed E-state index contributed by atoms with van der Waals surface area (Å²) in [7, 11) is 0. The Balaban J connectivity index is 0.00000133. The van der Waals surface area contributed by atoms with Crippen molar-refractivity contribution in [2.75, 3.05) is 13.3 Å². The van der Waals surface area contributed by atoms with E-state index in [4.69, 9.17) is 9.47 Å². The Morgan fingerprint density at radius 3 is 3.00 bits per heavy atom.